The van der Waals surface area contributed by atoms with Gasteiger partial charge in [-0.15, -0.1) is 0 Å². The molecule has 3 aromatic heterocycles. The highest BCUT2D eigenvalue weighted by molar-refractivity contribution is 5.88. The molecule has 0 amide bonds. The van der Waals surface area contributed by atoms with Gasteiger partial charge < -0.3 is 34.1 Å². The van der Waals surface area contributed by atoms with E-state index in [1.807, 2.05) is 30.3 Å². The molecule has 2 atom stereocenters. The Morgan fingerprint density at radius 3 is 2.70 bits per heavy atom. The van der Waals surface area contributed by atoms with E-state index in [0.29, 0.717) is 24.1 Å². The number of ether oxygens (including phenoxy) is 3. The number of nitrogens with two attached hydrogens (primary N) is 1. The van der Waals surface area contributed by atoms with Crippen LogP contribution in [0.4, 0.5) is 24.8 Å². The molecule has 0 radical (unpaired) electrons. The largest absolute Gasteiger partial charge is 0.491 e. The van der Waals surface area contributed by atoms with Gasteiger partial charge in [0.2, 0.25) is 11.7 Å². The molecule has 6 rings (SSSR count). The zero-order valence-corrected chi connectivity index (χ0v) is 24.8. The number of fused-ring (bicyclic) bond motifs is 1. The second kappa shape index (κ2) is 12.6. The van der Waals surface area contributed by atoms with Gasteiger partial charge in [0.05, 0.1) is 56.3 Å². The van der Waals surface area contributed by atoms with Crippen molar-refractivity contribution in [2.75, 3.05) is 12.4 Å². The van der Waals surface area contributed by atoms with Crippen molar-refractivity contribution in [3.63, 3.8) is 0 Å². The summed E-state index contributed by atoms with van der Waals surface area (Å²) in [6, 6.07) is 9.63. The molecule has 0 unspecified atom stereocenters. The van der Waals surface area contributed by atoms with Gasteiger partial charge in [0, 0.05) is 13.2 Å². The second-order valence-corrected chi connectivity index (χ2v) is 10.6. The lowest BCUT2D eigenvalue weighted by Gasteiger charge is -2.38. The van der Waals surface area contributed by atoms with Crippen LogP contribution in [-0.2, 0) is 24.6 Å². The van der Waals surface area contributed by atoms with Crippen LogP contribution in [0.2, 0.25) is 0 Å². The SMILES string of the molecule is COc1c(O/C(C=N)=C2\C=NC=C[NH2+]2)cnc2nc(Nc3cc(C(F)(F)F)cn([C@H]4CC[C@@H]4OCc4ccccc4)c3=O)n(C)c12. The third kappa shape index (κ3) is 6.01. The van der Waals surface area contributed by atoms with E-state index in [1.54, 1.807) is 24.8 Å². The average molecular weight is 636 g/mol. The summed E-state index contributed by atoms with van der Waals surface area (Å²) in [6.45, 7) is 0.280. The summed E-state index contributed by atoms with van der Waals surface area (Å²) >= 11 is 0. The minimum Gasteiger partial charge on any atom is -0.491 e. The van der Waals surface area contributed by atoms with E-state index < -0.39 is 29.4 Å². The number of aliphatic imine (C=N–C) groups is 1. The number of methoxy groups -OCH3 is 1. The lowest BCUT2D eigenvalue weighted by atomic mass is 9.88. The van der Waals surface area contributed by atoms with Crippen LogP contribution in [0.5, 0.6) is 11.5 Å². The predicted molar refractivity (Wildman–Crippen MR) is 163 cm³/mol. The Morgan fingerprint density at radius 2 is 2.04 bits per heavy atom. The van der Waals surface area contributed by atoms with Gasteiger partial charge >= 0.3 is 6.18 Å². The number of anilines is 2. The van der Waals surface area contributed by atoms with Crippen molar-refractivity contribution < 1.29 is 32.7 Å². The predicted octanol–water partition coefficient (Wildman–Crippen LogP) is 4.18. The number of imidazole rings is 1. The average Bonchev–Trinajstić information content (AvgIpc) is 3.36. The molecule has 0 saturated heterocycles. The second-order valence-electron chi connectivity index (χ2n) is 10.6. The third-order valence-corrected chi connectivity index (χ3v) is 7.78. The Balaban J connectivity index is 1.33. The summed E-state index contributed by atoms with van der Waals surface area (Å²) < 4.78 is 62.4. The first-order valence-electron chi connectivity index (χ1n) is 14.3. The number of aromatic nitrogens is 4. The number of hydrogen-bond donors (Lipinski definition) is 3. The van der Waals surface area contributed by atoms with E-state index in [4.69, 9.17) is 19.6 Å². The highest BCUT2D eigenvalue weighted by Crippen LogP contribution is 2.39. The smallest absolute Gasteiger partial charge is 0.417 e. The molecule has 46 heavy (non-hydrogen) atoms. The van der Waals surface area contributed by atoms with Crippen LogP contribution < -0.4 is 25.7 Å². The topological polar surface area (TPSA) is 145 Å². The maximum absolute atomic E-state index is 14.1. The van der Waals surface area contributed by atoms with Crippen molar-refractivity contribution in [3.05, 3.63) is 94.1 Å². The van der Waals surface area contributed by atoms with Crippen LogP contribution in [-0.4, -0.2) is 44.7 Å². The van der Waals surface area contributed by atoms with E-state index in [-0.39, 0.29) is 41.1 Å². The molecule has 1 aliphatic carbocycles. The van der Waals surface area contributed by atoms with Crippen LogP contribution in [0.25, 0.3) is 11.2 Å². The molecule has 4 N–H and O–H groups in total. The molecule has 238 valence electrons. The Labute approximate surface area is 260 Å². The van der Waals surface area contributed by atoms with Gasteiger partial charge in [-0.1, -0.05) is 30.3 Å². The number of allylic oxidation sites excluding steroid dienone is 2. The number of alkyl halides is 3. The van der Waals surface area contributed by atoms with Gasteiger partial charge in [-0.2, -0.15) is 18.2 Å². The zero-order valence-electron chi connectivity index (χ0n) is 24.8. The van der Waals surface area contributed by atoms with Crippen LogP contribution in [0.3, 0.4) is 0 Å². The Bertz CT molecular complexity index is 1930. The zero-order chi connectivity index (χ0) is 32.4. The van der Waals surface area contributed by atoms with Gasteiger partial charge in [0.1, 0.15) is 17.4 Å². The summed E-state index contributed by atoms with van der Waals surface area (Å²) in [7, 11) is 3.01. The number of benzene rings is 1. The van der Waals surface area contributed by atoms with Crippen molar-refractivity contribution in [1.29, 1.82) is 5.41 Å². The van der Waals surface area contributed by atoms with Gasteiger partial charge in [-0.25, -0.2) is 4.98 Å². The van der Waals surface area contributed by atoms with Crippen LogP contribution >= 0.6 is 0 Å². The molecule has 0 spiro atoms. The quantitative estimate of drug-likeness (QED) is 0.175. The van der Waals surface area contributed by atoms with Gasteiger partial charge in [-0.05, 0) is 24.5 Å². The number of pyridine rings is 2. The van der Waals surface area contributed by atoms with Crippen molar-refractivity contribution in [2.24, 2.45) is 12.0 Å². The number of rotatable bonds is 10. The first kappa shape index (κ1) is 30.7. The van der Waals surface area contributed by atoms with Gasteiger partial charge in [0.25, 0.3) is 5.56 Å². The molecule has 1 aromatic carbocycles. The standard InChI is InChI=1S/C31H29F3N8O4/c1-41-26-27(44-2)25(46-24(13-35)21-14-36-10-11-37-21)15-38-28(26)40-30(41)39-20-12-19(31(32,33)34)16-42(29(20)43)22-8-9-23(22)45-17-18-6-4-3-5-7-18/h3-7,10-16,22-23,35,37H,8-9,17H2,1-2H3,(H,38,39,40)/p+1/b24-21+,35-13?/t22-,23-/m0/s1. The molecule has 2 aliphatic rings. The molecule has 4 heterocycles. The first-order valence-corrected chi connectivity index (χ1v) is 14.3. The number of aryl methyl sites for hydroxylation is 1. The summed E-state index contributed by atoms with van der Waals surface area (Å²) in [5.41, 5.74) is 0.0596. The fraction of sp³-hybridized carbons (Fsp3) is 0.258. The van der Waals surface area contributed by atoms with Crippen molar-refractivity contribution in [3.8, 4) is 11.5 Å². The van der Waals surface area contributed by atoms with Crippen LogP contribution in [0.15, 0.2) is 82.4 Å². The minimum atomic E-state index is -4.71. The van der Waals surface area contributed by atoms with Crippen LogP contribution in [0, 0.1) is 5.41 Å². The Kier molecular flexibility index (Phi) is 8.42. The lowest BCUT2D eigenvalue weighted by Crippen LogP contribution is -2.77. The molecule has 4 aromatic rings. The Morgan fingerprint density at radius 1 is 1.24 bits per heavy atom. The number of nitrogens with zero attached hydrogens (tertiary/aromatic N) is 5. The summed E-state index contributed by atoms with van der Waals surface area (Å²) in [5, 5.41) is 12.3. The van der Waals surface area contributed by atoms with E-state index >= 15 is 0 Å². The molecule has 1 saturated carbocycles. The summed E-state index contributed by atoms with van der Waals surface area (Å²) in [4.78, 5) is 26.5. The highest BCUT2D eigenvalue weighted by Gasteiger charge is 2.38. The van der Waals surface area contributed by atoms with Crippen molar-refractivity contribution in [2.45, 2.75) is 37.8 Å². The fourth-order valence-corrected chi connectivity index (χ4v) is 5.26. The fourth-order valence-electron chi connectivity index (χ4n) is 5.26. The lowest BCUT2D eigenvalue weighted by molar-refractivity contribution is -0.528. The number of quaternary nitrogens is 1. The van der Waals surface area contributed by atoms with Crippen molar-refractivity contribution >= 4 is 35.2 Å². The van der Waals surface area contributed by atoms with Gasteiger partial charge in [0.15, 0.2) is 22.8 Å². The van der Waals surface area contributed by atoms with E-state index in [2.05, 4.69) is 20.3 Å². The van der Waals surface area contributed by atoms with E-state index in [1.165, 1.54) is 24.1 Å². The first-order chi connectivity index (χ1) is 22.2. The molecule has 12 nitrogen and oxygen atoms in total. The number of nitrogens with one attached hydrogen (secondary N) is 2. The van der Waals surface area contributed by atoms with Crippen LogP contribution in [0.1, 0.15) is 30.0 Å². The molecule has 1 fully saturated rings. The monoisotopic (exact) mass is 635 g/mol. The highest BCUT2D eigenvalue weighted by atomic mass is 19.4. The van der Waals surface area contributed by atoms with E-state index in [0.717, 1.165) is 28.6 Å². The maximum atomic E-state index is 14.1. The summed E-state index contributed by atoms with van der Waals surface area (Å²) in [5.74, 6) is 0.611. The Hall–Kier alpha value is -5.28. The van der Waals surface area contributed by atoms with E-state index in [9.17, 15) is 18.0 Å². The van der Waals surface area contributed by atoms with Crippen molar-refractivity contribution in [1.82, 2.24) is 19.1 Å². The minimum absolute atomic E-state index is 0.0509. The summed E-state index contributed by atoms with van der Waals surface area (Å²) in [6.07, 6.45) is 4.02. The molecular formula is C31H30F3N8O4+. The molecule has 1 aliphatic heterocycles. The molecule has 0 bridgehead atoms. The third-order valence-electron chi connectivity index (χ3n) is 7.78. The number of halogens is 3. The molecular weight excluding hydrogens is 605 g/mol. The number of hydrogen-bond acceptors (Lipinski definition) is 9. The maximum Gasteiger partial charge on any atom is 0.417 e. The molecule has 15 heteroatoms. The normalized spacial score (nSPS) is 18.7. The van der Waals surface area contributed by atoms with Gasteiger partial charge in [-0.3, -0.25) is 15.1 Å².